The number of carbonyl (C=O) groups excluding carboxylic acids is 1. The third kappa shape index (κ3) is 5.11. The molecule has 0 unspecified atom stereocenters. The summed E-state index contributed by atoms with van der Waals surface area (Å²) in [5, 5.41) is 0. The lowest BCUT2D eigenvalue weighted by Crippen LogP contribution is -2.38. The molecule has 2 saturated heterocycles. The summed E-state index contributed by atoms with van der Waals surface area (Å²) in [6.45, 7) is 2.15. The Morgan fingerprint density at radius 2 is 2.03 bits per heavy atom. The molecule has 12 heteroatoms. The van der Waals surface area contributed by atoms with Crippen LogP contribution in [-0.2, 0) is 4.74 Å². The number of hydrogen-bond donors (Lipinski definition) is 2. The summed E-state index contributed by atoms with van der Waals surface area (Å²) in [5.74, 6) is -0.177. The number of nitrogen functional groups attached to an aromatic ring is 1. The number of alkyl halides is 3. The van der Waals surface area contributed by atoms with Gasteiger partial charge in [-0.15, -0.1) is 13.2 Å². The maximum atomic E-state index is 13.0. The monoisotopic (exact) mass is 491 g/mol. The molecule has 1 amide bonds. The number of nitrogens with one attached hydrogen (secondary N) is 1. The molecule has 0 spiro atoms. The summed E-state index contributed by atoms with van der Waals surface area (Å²) >= 11 is 0. The standard InChI is InChI=1S/C23H24F3N5O4/c24-23(25,26)35-14-1-2-16(18(27)9-14)22(32)31-6-3-13(4-7-31)17-10-28-21-20(17)30-19(11-29-21)34-15-5-8-33-12-15/h1-2,9-11,13,15H,3-8,12,27H2,(H,28,29)/t15-/m1/s1. The third-order valence-electron chi connectivity index (χ3n) is 6.27. The lowest BCUT2D eigenvalue weighted by Gasteiger charge is -2.32. The van der Waals surface area contributed by atoms with Crippen LogP contribution in [0, 0.1) is 0 Å². The van der Waals surface area contributed by atoms with Crippen LogP contribution in [0.25, 0.3) is 11.2 Å². The number of hydrogen-bond acceptors (Lipinski definition) is 7. The Labute approximate surface area is 198 Å². The Kier molecular flexibility index (Phi) is 6.13. The average molecular weight is 491 g/mol. The Bertz CT molecular complexity index is 1220. The van der Waals surface area contributed by atoms with Crippen LogP contribution in [0.15, 0.2) is 30.6 Å². The molecule has 9 nitrogen and oxygen atoms in total. The number of amides is 1. The van der Waals surface area contributed by atoms with E-state index >= 15 is 0 Å². The molecule has 2 aliphatic heterocycles. The molecule has 2 fully saturated rings. The first-order chi connectivity index (χ1) is 16.8. The summed E-state index contributed by atoms with van der Waals surface area (Å²) in [7, 11) is 0. The highest BCUT2D eigenvalue weighted by Crippen LogP contribution is 2.34. The molecule has 0 radical (unpaired) electrons. The minimum absolute atomic E-state index is 0.0279. The van der Waals surface area contributed by atoms with E-state index in [-0.39, 0.29) is 29.2 Å². The van der Waals surface area contributed by atoms with Gasteiger partial charge in [0.05, 0.1) is 25.0 Å². The quantitative estimate of drug-likeness (QED) is 0.524. The number of nitrogens with zero attached hydrogens (tertiary/aromatic N) is 3. The SMILES string of the molecule is Nc1cc(OC(F)(F)F)ccc1C(=O)N1CCC(c2c[nH]c3ncc(O[C@@H]4CCOC4)nc23)CC1. The van der Waals surface area contributed by atoms with Gasteiger partial charge in [0.15, 0.2) is 5.65 Å². The zero-order valence-corrected chi connectivity index (χ0v) is 18.7. The molecule has 5 rings (SSSR count). The molecule has 2 aliphatic rings. The molecule has 0 saturated carbocycles. The van der Waals surface area contributed by atoms with E-state index in [2.05, 4.69) is 19.7 Å². The van der Waals surface area contributed by atoms with Gasteiger partial charge in [0.25, 0.3) is 5.91 Å². The lowest BCUT2D eigenvalue weighted by atomic mass is 9.90. The van der Waals surface area contributed by atoms with Crippen molar-refractivity contribution < 1.29 is 32.2 Å². The second-order valence-corrected chi connectivity index (χ2v) is 8.62. The maximum Gasteiger partial charge on any atom is 0.573 e. The smallest absolute Gasteiger partial charge is 0.471 e. The second-order valence-electron chi connectivity index (χ2n) is 8.62. The number of H-pyrrole nitrogens is 1. The van der Waals surface area contributed by atoms with Crippen molar-refractivity contribution in [2.24, 2.45) is 0 Å². The summed E-state index contributed by atoms with van der Waals surface area (Å²) in [6, 6.07) is 3.36. The molecule has 1 atom stereocenters. The van der Waals surface area contributed by atoms with Crippen molar-refractivity contribution in [3.63, 3.8) is 0 Å². The second kappa shape index (κ2) is 9.25. The number of ether oxygens (including phenoxy) is 3. The number of fused-ring (bicyclic) bond motifs is 1. The summed E-state index contributed by atoms with van der Waals surface area (Å²) in [4.78, 5) is 26.8. The van der Waals surface area contributed by atoms with E-state index in [1.165, 1.54) is 6.07 Å². The van der Waals surface area contributed by atoms with Crippen LogP contribution in [0.4, 0.5) is 18.9 Å². The first-order valence-electron chi connectivity index (χ1n) is 11.3. The van der Waals surface area contributed by atoms with Gasteiger partial charge in [-0.25, -0.2) is 9.97 Å². The van der Waals surface area contributed by atoms with Crippen molar-refractivity contribution in [2.45, 2.75) is 37.6 Å². The summed E-state index contributed by atoms with van der Waals surface area (Å²) in [5.41, 5.74) is 8.37. The highest BCUT2D eigenvalue weighted by atomic mass is 19.4. The van der Waals surface area contributed by atoms with Crippen LogP contribution in [0.5, 0.6) is 11.6 Å². The summed E-state index contributed by atoms with van der Waals surface area (Å²) in [6.07, 6.45) is 0.831. The fourth-order valence-electron chi connectivity index (χ4n) is 4.54. The zero-order valence-electron chi connectivity index (χ0n) is 18.7. The predicted octanol–water partition coefficient (Wildman–Crippen LogP) is 3.63. The number of rotatable bonds is 5. The number of benzene rings is 1. The molecule has 4 heterocycles. The minimum Gasteiger partial charge on any atom is -0.471 e. The zero-order chi connectivity index (χ0) is 24.6. The van der Waals surface area contributed by atoms with Gasteiger partial charge in [-0.2, -0.15) is 0 Å². The van der Waals surface area contributed by atoms with Gasteiger partial charge in [0.2, 0.25) is 5.88 Å². The first kappa shape index (κ1) is 23.2. The fourth-order valence-corrected chi connectivity index (χ4v) is 4.54. The van der Waals surface area contributed by atoms with Crippen molar-refractivity contribution in [1.82, 2.24) is 19.9 Å². The van der Waals surface area contributed by atoms with E-state index in [4.69, 9.17) is 15.2 Å². The highest BCUT2D eigenvalue weighted by molar-refractivity contribution is 5.99. The normalized spacial score (nSPS) is 19.3. The van der Waals surface area contributed by atoms with Gasteiger partial charge < -0.3 is 29.8 Å². The summed E-state index contributed by atoms with van der Waals surface area (Å²) < 4.78 is 52.4. The largest absolute Gasteiger partial charge is 0.573 e. The Balaban J connectivity index is 1.25. The number of anilines is 1. The van der Waals surface area contributed by atoms with E-state index in [9.17, 15) is 18.0 Å². The molecule has 1 aromatic carbocycles. The topological polar surface area (TPSA) is 116 Å². The molecule has 3 aromatic rings. The average Bonchev–Trinajstić information content (AvgIpc) is 3.47. The Hall–Kier alpha value is -3.54. The molecule has 3 N–H and O–H groups in total. The van der Waals surface area contributed by atoms with Gasteiger partial charge in [-0.05, 0) is 30.9 Å². The van der Waals surface area contributed by atoms with E-state index in [1.807, 2.05) is 6.20 Å². The van der Waals surface area contributed by atoms with Crippen LogP contribution < -0.4 is 15.2 Å². The van der Waals surface area contributed by atoms with Crippen molar-refractivity contribution in [3.8, 4) is 11.6 Å². The fraction of sp³-hybridized carbons (Fsp3) is 0.435. The first-order valence-corrected chi connectivity index (χ1v) is 11.3. The Morgan fingerprint density at radius 1 is 1.23 bits per heavy atom. The predicted molar refractivity (Wildman–Crippen MR) is 119 cm³/mol. The number of piperidine rings is 1. The molecular weight excluding hydrogens is 467 g/mol. The van der Waals surface area contributed by atoms with E-state index < -0.39 is 12.1 Å². The minimum atomic E-state index is -4.83. The van der Waals surface area contributed by atoms with Crippen molar-refractivity contribution in [2.75, 3.05) is 32.0 Å². The van der Waals surface area contributed by atoms with Gasteiger partial charge in [-0.3, -0.25) is 4.79 Å². The van der Waals surface area contributed by atoms with Crippen LogP contribution in [0.1, 0.15) is 41.1 Å². The van der Waals surface area contributed by atoms with Gasteiger partial charge in [-0.1, -0.05) is 0 Å². The van der Waals surface area contributed by atoms with Crippen LogP contribution in [-0.4, -0.2) is 64.5 Å². The van der Waals surface area contributed by atoms with E-state index in [0.717, 1.165) is 29.6 Å². The number of nitrogens with two attached hydrogens (primary N) is 1. The maximum absolute atomic E-state index is 13.0. The number of carbonyl (C=O) groups is 1. The molecule has 0 aliphatic carbocycles. The van der Waals surface area contributed by atoms with Crippen LogP contribution in [0.2, 0.25) is 0 Å². The molecule has 0 bridgehead atoms. The molecular formula is C23H24F3N5O4. The van der Waals surface area contributed by atoms with Crippen molar-refractivity contribution in [3.05, 3.63) is 41.7 Å². The third-order valence-corrected chi connectivity index (χ3v) is 6.27. The molecule has 2 aromatic heterocycles. The number of aromatic amines is 1. The number of likely N-dealkylation sites (tertiary alicyclic amines) is 1. The van der Waals surface area contributed by atoms with Crippen LogP contribution >= 0.6 is 0 Å². The molecule has 186 valence electrons. The van der Waals surface area contributed by atoms with Crippen molar-refractivity contribution in [1.29, 1.82) is 0 Å². The van der Waals surface area contributed by atoms with E-state index in [0.29, 0.717) is 50.7 Å². The number of aromatic nitrogens is 3. The molecule has 35 heavy (non-hydrogen) atoms. The van der Waals surface area contributed by atoms with Crippen molar-refractivity contribution >= 4 is 22.8 Å². The lowest BCUT2D eigenvalue weighted by molar-refractivity contribution is -0.274. The highest BCUT2D eigenvalue weighted by Gasteiger charge is 2.32. The Morgan fingerprint density at radius 3 is 2.71 bits per heavy atom. The van der Waals surface area contributed by atoms with Gasteiger partial charge in [0, 0.05) is 43.0 Å². The van der Waals surface area contributed by atoms with Gasteiger partial charge in [0.1, 0.15) is 17.4 Å². The van der Waals surface area contributed by atoms with Crippen LogP contribution in [0.3, 0.4) is 0 Å². The van der Waals surface area contributed by atoms with Gasteiger partial charge >= 0.3 is 6.36 Å². The van der Waals surface area contributed by atoms with E-state index in [1.54, 1.807) is 11.1 Å². The number of halogens is 3.